The third kappa shape index (κ3) is 6.56. The van der Waals surface area contributed by atoms with Gasteiger partial charge >= 0.3 is 0 Å². The molecule has 7 heteroatoms. The second-order valence-corrected chi connectivity index (χ2v) is 6.38. The molecule has 0 aromatic carbocycles. The van der Waals surface area contributed by atoms with Crippen molar-refractivity contribution in [3.63, 3.8) is 0 Å². The van der Waals surface area contributed by atoms with Crippen molar-refractivity contribution in [1.29, 1.82) is 0 Å². The van der Waals surface area contributed by atoms with E-state index >= 15 is 0 Å². The summed E-state index contributed by atoms with van der Waals surface area (Å²) in [5.74, 6) is -0.253. The van der Waals surface area contributed by atoms with Crippen LogP contribution in [0.2, 0.25) is 0 Å². The van der Waals surface area contributed by atoms with Crippen LogP contribution in [-0.2, 0) is 24.1 Å². The Hall–Kier alpha value is -0.140. The third-order valence-corrected chi connectivity index (χ3v) is 3.39. The molecule has 0 rings (SSSR count). The van der Waals surface area contributed by atoms with Crippen LogP contribution in [-0.4, -0.2) is 41.2 Å². The van der Waals surface area contributed by atoms with Gasteiger partial charge in [-0.1, -0.05) is 6.92 Å². The number of hydrogen-bond donors (Lipinski definition) is 0. The van der Waals surface area contributed by atoms with E-state index in [9.17, 15) is 16.8 Å². The monoisotopic (exact) mass is 216 g/mol. The molecule has 0 amide bonds. The average Bonchev–Trinajstić information content (AvgIpc) is 1.84. The summed E-state index contributed by atoms with van der Waals surface area (Å²) in [6.45, 7) is 1.20. The summed E-state index contributed by atoms with van der Waals surface area (Å²) in [6.07, 6.45) is 0.881. The highest BCUT2D eigenvalue weighted by molar-refractivity contribution is 7.91. The maximum Gasteiger partial charge on any atom is 0.264 e. The molecule has 0 radical (unpaired) electrons. The van der Waals surface area contributed by atoms with Crippen molar-refractivity contribution >= 4 is 20.0 Å². The lowest BCUT2D eigenvalue weighted by atomic mass is 10.9. The molecule has 0 saturated carbocycles. The van der Waals surface area contributed by atoms with Crippen molar-refractivity contribution in [1.82, 2.24) is 0 Å². The highest BCUT2D eigenvalue weighted by Crippen LogP contribution is 1.92. The second kappa shape index (κ2) is 4.20. The maximum atomic E-state index is 10.8. The van der Waals surface area contributed by atoms with Gasteiger partial charge < -0.3 is 0 Å². The van der Waals surface area contributed by atoms with Crippen LogP contribution in [0.15, 0.2) is 0 Å². The number of sulfone groups is 1. The van der Waals surface area contributed by atoms with Crippen molar-refractivity contribution in [2.24, 2.45) is 0 Å². The Kier molecular flexibility index (Phi) is 4.15. The standard InChI is InChI=1S/C5H12O5S2/c1-3-12(8,9)5-4-10-11(2,6)7/h3-5H2,1-2H3. The van der Waals surface area contributed by atoms with Gasteiger partial charge in [0.15, 0.2) is 9.84 Å². The van der Waals surface area contributed by atoms with E-state index in [-0.39, 0.29) is 18.1 Å². The lowest BCUT2D eigenvalue weighted by Crippen LogP contribution is -2.16. The van der Waals surface area contributed by atoms with Gasteiger partial charge in [-0.25, -0.2) is 8.42 Å². The van der Waals surface area contributed by atoms with E-state index < -0.39 is 20.0 Å². The van der Waals surface area contributed by atoms with Gasteiger partial charge in [0.05, 0.1) is 18.6 Å². The van der Waals surface area contributed by atoms with E-state index in [0.29, 0.717) is 0 Å². The lowest BCUT2D eigenvalue weighted by molar-refractivity contribution is 0.343. The van der Waals surface area contributed by atoms with Crippen molar-refractivity contribution in [3.8, 4) is 0 Å². The molecule has 12 heavy (non-hydrogen) atoms. The summed E-state index contributed by atoms with van der Waals surface area (Å²) >= 11 is 0. The van der Waals surface area contributed by atoms with Crippen molar-refractivity contribution in [2.75, 3.05) is 24.4 Å². The van der Waals surface area contributed by atoms with Crippen LogP contribution in [0.5, 0.6) is 0 Å². The highest BCUT2D eigenvalue weighted by atomic mass is 32.2. The molecule has 0 saturated heterocycles. The molecule has 74 valence electrons. The SMILES string of the molecule is CCS(=O)(=O)CCOS(C)(=O)=O. The summed E-state index contributed by atoms with van der Waals surface area (Å²) in [6, 6.07) is 0. The average molecular weight is 216 g/mol. The summed E-state index contributed by atoms with van der Waals surface area (Å²) in [4.78, 5) is 0. The Morgan fingerprint density at radius 1 is 1.17 bits per heavy atom. The fourth-order valence-electron chi connectivity index (χ4n) is 0.457. The van der Waals surface area contributed by atoms with Gasteiger partial charge in [-0.2, -0.15) is 8.42 Å². The van der Waals surface area contributed by atoms with Crippen LogP contribution in [0.3, 0.4) is 0 Å². The maximum absolute atomic E-state index is 10.8. The molecule has 0 N–H and O–H groups in total. The molecule has 0 spiro atoms. The van der Waals surface area contributed by atoms with Crippen molar-refractivity contribution in [3.05, 3.63) is 0 Å². The van der Waals surface area contributed by atoms with E-state index in [4.69, 9.17) is 0 Å². The molecule has 0 unspecified atom stereocenters. The topological polar surface area (TPSA) is 77.5 Å². The van der Waals surface area contributed by atoms with Crippen molar-refractivity contribution in [2.45, 2.75) is 6.92 Å². The van der Waals surface area contributed by atoms with Gasteiger partial charge in [0.2, 0.25) is 0 Å². The number of hydrogen-bond acceptors (Lipinski definition) is 5. The first-order valence-corrected chi connectivity index (χ1v) is 6.95. The van der Waals surface area contributed by atoms with E-state index in [2.05, 4.69) is 4.18 Å². The zero-order chi connectivity index (χ0) is 9.83. The van der Waals surface area contributed by atoms with Crippen LogP contribution < -0.4 is 0 Å². The lowest BCUT2D eigenvalue weighted by Gasteiger charge is -2.00. The Labute approximate surface area is 72.8 Å². The zero-order valence-corrected chi connectivity index (χ0v) is 8.61. The van der Waals surface area contributed by atoms with E-state index in [0.717, 1.165) is 6.26 Å². The Morgan fingerprint density at radius 2 is 1.67 bits per heavy atom. The molecular formula is C5H12O5S2. The molecule has 5 nitrogen and oxygen atoms in total. The predicted octanol–water partition coefficient (Wildman–Crippen LogP) is -0.603. The molecule has 0 aliphatic heterocycles. The smallest absolute Gasteiger partial charge is 0.264 e. The van der Waals surface area contributed by atoms with E-state index in [1.807, 2.05) is 0 Å². The first-order valence-electron chi connectivity index (χ1n) is 3.31. The van der Waals surface area contributed by atoms with Crippen LogP contribution in [0.1, 0.15) is 6.92 Å². The molecule has 0 bridgehead atoms. The summed E-state index contributed by atoms with van der Waals surface area (Å²) in [5, 5.41) is 0. The Bertz CT molecular complexity index is 312. The fourth-order valence-corrected chi connectivity index (χ4v) is 1.57. The van der Waals surface area contributed by atoms with Crippen LogP contribution in [0.25, 0.3) is 0 Å². The van der Waals surface area contributed by atoms with E-state index in [1.165, 1.54) is 6.92 Å². The summed E-state index contributed by atoms with van der Waals surface area (Å²) in [5.41, 5.74) is 0. The quantitative estimate of drug-likeness (QED) is 0.573. The van der Waals surface area contributed by atoms with Gasteiger partial charge in [0.1, 0.15) is 0 Å². The second-order valence-electron chi connectivity index (χ2n) is 2.26. The third-order valence-electron chi connectivity index (χ3n) is 1.13. The molecule has 0 aromatic heterocycles. The largest absolute Gasteiger partial charge is 0.269 e. The highest BCUT2D eigenvalue weighted by Gasteiger charge is 2.09. The normalized spacial score (nSPS) is 13.2. The molecule has 0 heterocycles. The molecule has 0 atom stereocenters. The van der Waals surface area contributed by atoms with Crippen LogP contribution in [0, 0.1) is 0 Å². The van der Waals surface area contributed by atoms with E-state index in [1.54, 1.807) is 0 Å². The molecule has 0 fully saturated rings. The van der Waals surface area contributed by atoms with Crippen LogP contribution >= 0.6 is 0 Å². The molecule has 0 aromatic rings. The minimum absolute atomic E-state index is 0.000121. The molecule has 0 aliphatic rings. The van der Waals surface area contributed by atoms with Crippen molar-refractivity contribution < 1.29 is 21.0 Å². The summed E-state index contributed by atoms with van der Waals surface area (Å²) < 4.78 is 46.7. The Balaban J connectivity index is 3.89. The summed E-state index contributed by atoms with van der Waals surface area (Å²) in [7, 11) is -6.65. The van der Waals surface area contributed by atoms with Gasteiger partial charge in [0, 0.05) is 5.75 Å². The van der Waals surface area contributed by atoms with Crippen LogP contribution in [0.4, 0.5) is 0 Å². The molecular weight excluding hydrogens is 204 g/mol. The van der Waals surface area contributed by atoms with Gasteiger partial charge in [-0.05, 0) is 0 Å². The first kappa shape index (κ1) is 11.9. The first-order chi connectivity index (χ1) is 5.27. The Morgan fingerprint density at radius 3 is 2.00 bits per heavy atom. The fraction of sp³-hybridized carbons (Fsp3) is 1.00. The van der Waals surface area contributed by atoms with Gasteiger partial charge in [-0.3, -0.25) is 4.18 Å². The molecule has 0 aliphatic carbocycles. The predicted molar refractivity (Wildman–Crippen MR) is 45.1 cm³/mol. The van der Waals surface area contributed by atoms with Gasteiger partial charge in [-0.15, -0.1) is 0 Å². The van der Waals surface area contributed by atoms with Gasteiger partial charge in [0.25, 0.3) is 10.1 Å². The number of rotatable bonds is 5. The minimum atomic E-state index is -3.52. The minimum Gasteiger partial charge on any atom is -0.269 e. The zero-order valence-electron chi connectivity index (χ0n) is 6.98.